The predicted molar refractivity (Wildman–Crippen MR) is 181 cm³/mol. The number of amides is 2. The smallest absolute Gasteiger partial charge is 0.260 e. The number of hydrogen-bond donors (Lipinski definition) is 0. The number of ether oxygens (including phenoxy) is 5. The van der Waals surface area contributed by atoms with Crippen molar-refractivity contribution in [3.63, 3.8) is 0 Å². The van der Waals surface area contributed by atoms with E-state index < -0.39 is 0 Å². The molecule has 4 aliphatic heterocycles. The molecule has 48 heavy (non-hydrogen) atoms. The van der Waals surface area contributed by atoms with Crippen LogP contribution in [0, 0.1) is 0 Å². The molecule has 4 aliphatic rings. The van der Waals surface area contributed by atoms with E-state index in [1.807, 2.05) is 43.6 Å². The molecule has 0 spiro atoms. The normalized spacial score (nSPS) is 19.0. The van der Waals surface area contributed by atoms with Crippen molar-refractivity contribution in [2.24, 2.45) is 9.98 Å². The standard InChI is InChI=1S/C37H36N4O7/c1-22-12-34-38-18-24-13-32(30(45-3)16-28(24)36(42)40(34)20-22)47-10-5-11-48-33-14-25-19-39-35-15-26(23-6-8-27(44-2)9-7-23)21-41(35)37(43)29(25)17-31(33)46-4/h6-9,13-14,16-21,34-35H,5,10-12,15H2,1-4H3/t34-,35-/m1/s1. The quantitative estimate of drug-likeness (QED) is 0.259. The second kappa shape index (κ2) is 12.9. The number of benzene rings is 3. The molecule has 11 nitrogen and oxygen atoms in total. The molecule has 4 heterocycles. The highest BCUT2D eigenvalue weighted by Gasteiger charge is 2.34. The molecule has 3 aromatic carbocycles. The first kappa shape index (κ1) is 31.0. The molecule has 0 unspecified atom stereocenters. The molecule has 0 aliphatic carbocycles. The Hall–Kier alpha value is -5.58. The van der Waals surface area contributed by atoms with Gasteiger partial charge in [0, 0.05) is 55.2 Å². The molecular weight excluding hydrogens is 612 g/mol. The second-order valence-corrected chi connectivity index (χ2v) is 11.9. The van der Waals surface area contributed by atoms with Crippen LogP contribution in [0.2, 0.25) is 0 Å². The molecule has 3 aromatic rings. The number of carbonyl (C=O) groups excluding carboxylic acids is 2. The lowest BCUT2D eigenvalue weighted by Crippen LogP contribution is -2.30. The fourth-order valence-corrected chi connectivity index (χ4v) is 6.31. The molecule has 0 N–H and O–H groups in total. The van der Waals surface area contributed by atoms with Gasteiger partial charge in [-0.15, -0.1) is 0 Å². The Morgan fingerprint density at radius 1 is 0.688 bits per heavy atom. The third-order valence-electron chi connectivity index (χ3n) is 8.84. The van der Waals surface area contributed by atoms with Crippen LogP contribution in [0.25, 0.3) is 5.57 Å². The highest BCUT2D eigenvalue weighted by atomic mass is 16.5. The van der Waals surface area contributed by atoms with Gasteiger partial charge in [0.05, 0.1) is 45.7 Å². The summed E-state index contributed by atoms with van der Waals surface area (Å²) >= 11 is 0. The van der Waals surface area contributed by atoms with E-state index >= 15 is 0 Å². The van der Waals surface area contributed by atoms with Gasteiger partial charge >= 0.3 is 0 Å². The van der Waals surface area contributed by atoms with Gasteiger partial charge in [-0.05, 0) is 54.5 Å². The SMILES string of the molecule is COc1ccc(C2=CN3C(=O)c4cc(OC)c(OCCCOc5cc6c(cc5OC)C(=O)N5C=C(C)C[C@@H]5N=C6)cc4C=N[C@H]3C2)cc1. The molecule has 0 saturated heterocycles. The van der Waals surface area contributed by atoms with E-state index in [0.717, 1.165) is 28.9 Å². The van der Waals surface area contributed by atoms with E-state index in [2.05, 4.69) is 4.99 Å². The molecule has 2 amide bonds. The van der Waals surface area contributed by atoms with E-state index in [1.54, 1.807) is 67.8 Å². The third kappa shape index (κ3) is 5.76. The van der Waals surface area contributed by atoms with Gasteiger partial charge in [-0.1, -0.05) is 17.7 Å². The summed E-state index contributed by atoms with van der Waals surface area (Å²) in [4.78, 5) is 39.6. The summed E-state index contributed by atoms with van der Waals surface area (Å²) in [5.41, 5.74) is 5.53. The summed E-state index contributed by atoms with van der Waals surface area (Å²) < 4.78 is 28.6. The van der Waals surface area contributed by atoms with E-state index in [-0.39, 0.29) is 24.1 Å². The Morgan fingerprint density at radius 2 is 1.23 bits per heavy atom. The highest BCUT2D eigenvalue weighted by molar-refractivity contribution is 6.06. The van der Waals surface area contributed by atoms with Crippen molar-refractivity contribution in [1.29, 1.82) is 0 Å². The molecule has 11 heteroatoms. The zero-order valence-corrected chi connectivity index (χ0v) is 27.3. The van der Waals surface area contributed by atoms with Crippen molar-refractivity contribution in [2.45, 2.75) is 38.5 Å². The third-order valence-corrected chi connectivity index (χ3v) is 8.84. The van der Waals surface area contributed by atoms with Crippen molar-refractivity contribution >= 4 is 29.8 Å². The average Bonchev–Trinajstić information content (AvgIpc) is 3.65. The first-order valence-electron chi connectivity index (χ1n) is 15.8. The molecule has 246 valence electrons. The van der Waals surface area contributed by atoms with Gasteiger partial charge < -0.3 is 23.7 Å². The fraction of sp³-hybridized carbons (Fsp3) is 0.297. The number of nitrogens with zero attached hydrogens (tertiary/aromatic N) is 4. The highest BCUT2D eigenvalue weighted by Crippen LogP contribution is 2.38. The Bertz CT molecular complexity index is 1900. The van der Waals surface area contributed by atoms with Gasteiger partial charge in [0.25, 0.3) is 11.8 Å². The lowest BCUT2D eigenvalue weighted by molar-refractivity contribution is 0.0783. The second-order valence-electron chi connectivity index (χ2n) is 11.9. The van der Waals surface area contributed by atoms with E-state index in [4.69, 9.17) is 28.7 Å². The van der Waals surface area contributed by atoms with Crippen LogP contribution in [-0.2, 0) is 0 Å². The zero-order valence-electron chi connectivity index (χ0n) is 27.3. The molecule has 7 rings (SSSR count). The number of methoxy groups -OCH3 is 3. The molecule has 0 saturated carbocycles. The maximum atomic E-state index is 13.7. The van der Waals surface area contributed by atoms with Crippen molar-refractivity contribution < 1.29 is 33.3 Å². The van der Waals surface area contributed by atoms with E-state index in [1.165, 1.54) is 0 Å². The predicted octanol–water partition coefficient (Wildman–Crippen LogP) is 5.71. The lowest BCUT2D eigenvalue weighted by atomic mass is 10.0. The minimum atomic E-state index is -0.331. The summed E-state index contributed by atoms with van der Waals surface area (Å²) in [5, 5.41) is 0. The molecule has 0 radical (unpaired) electrons. The van der Waals surface area contributed by atoms with Gasteiger partial charge in [0.2, 0.25) is 0 Å². The van der Waals surface area contributed by atoms with Gasteiger partial charge in [0.1, 0.15) is 18.1 Å². The van der Waals surface area contributed by atoms with Crippen molar-refractivity contribution in [3.8, 4) is 28.7 Å². The summed E-state index contributed by atoms with van der Waals surface area (Å²) in [6.07, 6.45) is 8.53. The average molecular weight is 649 g/mol. The Kier molecular flexibility index (Phi) is 8.34. The summed E-state index contributed by atoms with van der Waals surface area (Å²) in [6, 6.07) is 14.8. The lowest BCUT2D eigenvalue weighted by Gasteiger charge is -2.19. The molecule has 2 atom stereocenters. The topological polar surface area (TPSA) is 111 Å². The van der Waals surface area contributed by atoms with Gasteiger partial charge in [-0.25, -0.2) is 0 Å². The van der Waals surface area contributed by atoms with Crippen LogP contribution in [0.15, 0.2) is 76.5 Å². The number of rotatable bonds is 10. The van der Waals surface area contributed by atoms with Crippen LogP contribution in [0.5, 0.6) is 28.7 Å². The van der Waals surface area contributed by atoms with Crippen molar-refractivity contribution in [3.05, 3.63) is 94.3 Å². The van der Waals surface area contributed by atoms with Crippen LogP contribution < -0.4 is 23.7 Å². The summed E-state index contributed by atoms with van der Waals surface area (Å²) in [6.45, 7) is 2.67. The van der Waals surface area contributed by atoms with Gasteiger partial charge in [-0.3, -0.25) is 29.4 Å². The number of fused-ring (bicyclic) bond motifs is 4. The van der Waals surface area contributed by atoms with Crippen LogP contribution in [0.4, 0.5) is 0 Å². The number of aliphatic imine (C=N–C) groups is 2. The van der Waals surface area contributed by atoms with Gasteiger partial charge in [0.15, 0.2) is 23.0 Å². The van der Waals surface area contributed by atoms with Crippen LogP contribution >= 0.6 is 0 Å². The van der Waals surface area contributed by atoms with E-state index in [0.29, 0.717) is 71.3 Å². The summed E-state index contributed by atoms with van der Waals surface area (Å²) in [5.74, 6) is 2.47. The first-order valence-corrected chi connectivity index (χ1v) is 15.8. The minimum Gasteiger partial charge on any atom is -0.497 e. The molecular formula is C37H36N4O7. The number of hydrogen-bond acceptors (Lipinski definition) is 9. The molecule has 0 bridgehead atoms. The Labute approximate surface area is 278 Å². The maximum Gasteiger partial charge on any atom is 0.260 e. The fourth-order valence-electron chi connectivity index (χ4n) is 6.31. The largest absolute Gasteiger partial charge is 0.497 e. The van der Waals surface area contributed by atoms with Crippen molar-refractivity contribution in [1.82, 2.24) is 9.80 Å². The Balaban J connectivity index is 1.00. The van der Waals surface area contributed by atoms with Crippen LogP contribution in [0.1, 0.15) is 63.6 Å². The van der Waals surface area contributed by atoms with Crippen molar-refractivity contribution in [2.75, 3.05) is 34.5 Å². The van der Waals surface area contributed by atoms with Crippen LogP contribution in [-0.4, -0.2) is 80.9 Å². The zero-order chi connectivity index (χ0) is 33.4. The monoisotopic (exact) mass is 648 g/mol. The minimum absolute atomic E-state index is 0.112. The first-order chi connectivity index (χ1) is 23.4. The maximum absolute atomic E-state index is 13.7. The number of carbonyl (C=O) groups is 2. The Morgan fingerprint density at radius 3 is 1.77 bits per heavy atom. The summed E-state index contributed by atoms with van der Waals surface area (Å²) in [7, 11) is 4.73. The van der Waals surface area contributed by atoms with Gasteiger partial charge in [-0.2, -0.15) is 0 Å². The van der Waals surface area contributed by atoms with Crippen LogP contribution in [0.3, 0.4) is 0 Å². The molecule has 0 aromatic heterocycles. The van der Waals surface area contributed by atoms with E-state index in [9.17, 15) is 9.59 Å². The molecule has 0 fully saturated rings.